The van der Waals surface area contributed by atoms with E-state index in [1.165, 1.54) is 12.8 Å². The minimum absolute atomic E-state index is 0.165. The average molecular weight is 265 g/mol. The number of aliphatic imine (C=N–C) groups is 1. The Bertz CT molecular complexity index is 345. The highest BCUT2D eigenvalue weighted by atomic mass is 16.5. The van der Waals surface area contributed by atoms with E-state index in [1.807, 2.05) is 6.92 Å². The van der Waals surface area contributed by atoms with Crippen LogP contribution in [0.2, 0.25) is 0 Å². The highest BCUT2D eigenvalue weighted by molar-refractivity contribution is 5.78. The number of likely N-dealkylation sites (tertiary alicyclic amines) is 1. The summed E-state index contributed by atoms with van der Waals surface area (Å²) in [5, 5.41) is 0. The molecule has 19 heavy (non-hydrogen) atoms. The van der Waals surface area contributed by atoms with E-state index in [0.29, 0.717) is 11.9 Å². The normalized spacial score (nSPS) is 29.8. The second-order valence-electron chi connectivity index (χ2n) is 6.05. The van der Waals surface area contributed by atoms with E-state index in [9.17, 15) is 0 Å². The van der Waals surface area contributed by atoms with Crippen LogP contribution in [0.1, 0.15) is 33.1 Å². The highest BCUT2D eigenvalue weighted by Gasteiger charge is 2.28. The Morgan fingerprint density at radius 3 is 2.68 bits per heavy atom. The van der Waals surface area contributed by atoms with Gasteiger partial charge in [0.25, 0.3) is 0 Å². The largest absolute Gasteiger partial charge is 0.374 e. The van der Waals surface area contributed by atoms with Gasteiger partial charge in [-0.25, -0.2) is 0 Å². The van der Waals surface area contributed by atoms with E-state index in [2.05, 4.69) is 23.4 Å². The SMILES string of the molecule is C=C(C)C1OCCC1CN=C(N)N1CCC(C)CC1. The van der Waals surface area contributed by atoms with Crippen molar-refractivity contribution >= 4 is 5.96 Å². The van der Waals surface area contributed by atoms with Gasteiger partial charge in [0.15, 0.2) is 5.96 Å². The van der Waals surface area contributed by atoms with Crippen LogP contribution in [0, 0.1) is 11.8 Å². The van der Waals surface area contributed by atoms with Crippen molar-refractivity contribution in [3.63, 3.8) is 0 Å². The van der Waals surface area contributed by atoms with Gasteiger partial charge < -0.3 is 15.4 Å². The first-order valence-corrected chi connectivity index (χ1v) is 7.39. The molecule has 2 unspecified atom stereocenters. The summed E-state index contributed by atoms with van der Waals surface area (Å²) in [5.74, 6) is 1.97. The molecule has 2 fully saturated rings. The zero-order valence-electron chi connectivity index (χ0n) is 12.3. The minimum Gasteiger partial charge on any atom is -0.374 e. The van der Waals surface area contributed by atoms with E-state index in [0.717, 1.165) is 44.2 Å². The number of hydrogen-bond acceptors (Lipinski definition) is 2. The fourth-order valence-corrected chi connectivity index (χ4v) is 2.91. The summed E-state index contributed by atoms with van der Waals surface area (Å²) in [7, 11) is 0. The Morgan fingerprint density at radius 2 is 2.05 bits per heavy atom. The van der Waals surface area contributed by atoms with E-state index >= 15 is 0 Å². The fourth-order valence-electron chi connectivity index (χ4n) is 2.91. The molecular formula is C15H27N3O. The maximum Gasteiger partial charge on any atom is 0.191 e. The van der Waals surface area contributed by atoms with Gasteiger partial charge in [-0.3, -0.25) is 4.99 Å². The lowest BCUT2D eigenvalue weighted by atomic mass is 9.97. The predicted molar refractivity (Wildman–Crippen MR) is 79.1 cm³/mol. The summed E-state index contributed by atoms with van der Waals surface area (Å²) in [6.45, 7) is 12.0. The molecule has 0 saturated carbocycles. The molecule has 0 amide bonds. The molecule has 2 rings (SSSR count). The van der Waals surface area contributed by atoms with Crippen LogP contribution in [-0.4, -0.2) is 43.2 Å². The summed E-state index contributed by atoms with van der Waals surface area (Å²) in [4.78, 5) is 6.80. The predicted octanol–water partition coefficient (Wildman–Crippen LogP) is 2.01. The van der Waals surface area contributed by atoms with E-state index < -0.39 is 0 Å². The summed E-state index contributed by atoms with van der Waals surface area (Å²) in [5.41, 5.74) is 7.21. The molecule has 0 bridgehead atoms. The summed E-state index contributed by atoms with van der Waals surface area (Å²) in [6, 6.07) is 0. The van der Waals surface area contributed by atoms with E-state index in [-0.39, 0.29) is 6.10 Å². The lowest BCUT2D eigenvalue weighted by Crippen LogP contribution is -2.42. The van der Waals surface area contributed by atoms with Crippen LogP contribution < -0.4 is 5.73 Å². The molecule has 2 heterocycles. The van der Waals surface area contributed by atoms with Crippen molar-refractivity contribution in [1.82, 2.24) is 4.90 Å². The van der Waals surface area contributed by atoms with Crippen LogP contribution in [0.15, 0.2) is 17.1 Å². The molecule has 2 N–H and O–H groups in total. The number of hydrogen-bond donors (Lipinski definition) is 1. The van der Waals surface area contributed by atoms with Crippen molar-refractivity contribution in [2.75, 3.05) is 26.2 Å². The topological polar surface area (TPSA) is 50.9 Å². The fraction of sp³-hybridized carbons (Fsp3) is 0.800. The maximum absolute atomic E-state index is 6.11. The standard InChI is InChI=1S/C15H27N3O/c1-11(2)14-13(6-9-19-14)10-17-15(16)18-7-4-12(3)5-8-18/h12-14H,1,4-10H2,2-3H3,(H2,16,17). The third-order valence-corrected chi connectivity index (χ3v) is 4.30. The zero-order chi connectivity index (χ0) is 13.8. The molecule has 0 aliphatic carbocycles. The quantitative estimate of drug-likeness (QED) is 0.482. The number of rotatable bonds is 3. The summed E-state index contributed by atoms with van der Waals surface area (Å²) in [6.07, 6.45) is 3.66. The second kappa shape index (κ2) is 6.42. The third-order valence-electron chi connectivity index (χ3n) is 4.30. The van der Waals surface area contributed by atoms with Crippen molar-refractivity contribution in [2.24, 2.45) is 22.6 Å². The Hall–Kier alpha value is -1.03. The molecule has 0 spiro atoms. The van der Waals surface area contributed by atoms with Gasteiger partial charge in [0.1, 0.15) is 0 Å². The monoisotopic (exact) mass is 265 g/mol. The van der Waals surface area contributed by atoms with Crippen LogP contribution in [-0.2, 0) is 4.74 Å². The molecule has 0 aromatic rings. The molecule has 0 radical (unpaired) electrons. The van der Waals surface area contributed by atoms with E-state index in [1.54, 1.807) is 0 Å². The molecule has 2 atom stereocenters. The second-order valence-corrected chi connectivity index (χ2v) is 6.05. The van der Waals surface area contributed by atoms with Crippen molar-refractivity contribution in [2.45, 2.75) is 39.2 Å². The Labute approximate surface area is 116 Å². The van der Waals surface area contributed by atoms with Gasteiger partial charge in [0, 0.05) is 32.2 Å². The Kier molecular flexibility index (Phi) is 4.86. The maximum atomic E-state index is 6.11. The summed E-state index contributed by atoms with van der Waals surface area (Å²) < 4.78 is 5.70. The molecule has 0 aromatic heterocycles. The van der Waals surface area contributed by atoms with Gasteiger partial charge in [-0.05, 0) is 32.1 Å². The number of guanidine groups is 1. The van der Waals surface area contributed by atoms with Crippen molar-refractivity contribution in [1.29, 1.82) is 0 Å². The molecule has 0 aromatic carbocycles. The van der Waals surface area contributed by atoms with Gasteiger partial charge in [0.05, 0.1) is 6.10 Å². The number of piperidine rings is 1. The van der Waals surface area contributed by atoms with Crippen LogP contribution in [0.3, 0.4) is 0 Å². The summed E-state index contributed by atoms with van der Waals surface area (Å²) >= 11 is 0. The minimum atomic E-state index is 0.165. The van der Waals surface area contributed by atoms with Gasteiger partial charge in [-0.15, -0.1) is 0 Å². The third kappa shape index (κ3) is 3.72. The van der Waals surface area contributed by atoms with Crippen molar-refractivity contribution in [3.8, 4) is 0 Å². The van der Waals surface area contributed by atoms with Gasteiger partial charge in [-0.2, -0.15) is 0 Å². The number of nitrogens with two attached hydrogens (primary N) is 1. The molecule has 4 heteroatoms. The first-order chi connectivity index (χ1) is 9.08. The lowest BCUT2D eigenvalue weighted by Gasteiger charge is -2.31. The van der Waals surface area contributed by atoms with Gasteiger partial charge >= 0.3 is 0 Å². The van der Waals surface area contributed by atoms with Crippen LogP contribution in [0.4, 0.5) is 0 Å². The molecule has 108 valence electrons. The zero-order valence-corrected chi connectivity index (χ0v) is 12.3. The Balaban J connectivity index is 1.85. The number of nitrogens with zero attached hydrogens (tertiary/aromatic N) is 2. The Morgan fingerprint density at radius 1 is 1.37 bits per heavy atom. The molecule has 4 nitrogen and oxygen atoms in total. The molecule has 2 saturated heterocycles. The first kappa shape index (κ1) is 14.4. The lowest BCUT2D eigenvalue weighted by molar-refractivity contribution is 0.120. The van der Waals surface area contributed by atoms with Crippen LogP contribution >= 0.6 is 0 Å². The van der Waals surface area contributed by atoms with E-state index in [4.69, 9.17) is 10.5 Å². The van der Waals surface area contributed by atoms with Crippen molar-refractivity contribution in [3.05, 3.63) is 12.2 Å². The van der Waals surface area contributed by atoms with Crippen LogP contribution in [0.5, 0.6) is 0 Å². The van der Waals surface area contributed by atoms with Crippen LogP contribution in [0.25, 0.3) is 0 Å². The van der Waals surface area contributed by atoms with Crippen molar-refractivity contribution < 1.29 is 4.74 Å². The highest BCUT2D eigenvalue weighted by Crippen LogP contribution is 2.26. The van der Waals surface area contributed by atoms with Gasteiger partial charge in [0.2, 0.25) is 0 Å². The smallest absolute Gasteiger partial charge is 0.191 e. The molecule has 2 aliphatic rings. The first-order valence-electron chi connectivity index (χ1n) is 7.39. The molecule has 2 aliphatic heterocycles. The number of ether oxygens (including phenoxy) is 1. The molecular weight excluding hydrogens is 238 g/mol. The average Bonchev–Trinajstić information content (AvgIpc) is 2.85. The van der Waals surface area contributed by atoms with Gasteiger partial charge in [-0.1, -0.05) is 19.1 Å².